The minimum atomic E-state index is -1.70. The van der Waals surface area contributed by atoms with Crippen molar-refractivity contribution in [2.24, 2.45) is 0 Å². The molecule has 0 bridgehead atoms. The van der Waals surface area contributed by atoms with Gasteiger partial charge in [-0.15, -0.1) is 0 Å². The number of rotatable bonds is 2. The summed E-state index contributed by atoms with van der Waals surface area (Å²) < 4.78 is 6.06. The van der Waals surface area contributed by atoms with Crippen LogP contribution in [0.15, 0.2) is 12.2 Å². The van der Waals surface area contributed by atoms with E-state index >= 15 is 0 Å². The molecule has 0 aliphatic heterocycles. The summed E-state index contributed by atoms with van der Waals surface area (Å²) in [6.45, 7) is 11.0. The first-order valence-electron chi connectivity index (χ1n) is 5.11. The zero-order chi connectivity index (χ0) is 11.0. The minimum absolute atomic E-state index is 0.0309. The Labute approximate surface area is 87.5 Å². The Balaban J connectivity index is 2.60. The van der Waals surface area contributed by atoms with E-state index in [1.54, 1.807) is 6.08 Å². The third-order valence-electron chi connectivity index (χ3n) is 3.15. The van der Waals surface area contributed by atoms with Crippen LogP contribution in [0.3, 0.4) is 0 Å². The Morgan fingerprint density at radius 1 is 1.43 bits per heavy atom. The fraction of sp³-hybridized carbons (Fsp3) is 0.727. The second-order valence-corrected chi connectivity index (χ2v) is 10.2. The van der Waals surface area contributed by atoms with E-state index in [9.17, 15) is 4.79 Å². The summed E-state index contributed by atoms with van der Waals surface area (Å²) >= 11 is 0. The first-order valence-corrected chi connectivity index (χ1v) is 8.02. The summed E-state index contributed by atoms with van der Waals surface area (Å²) in [5.74, 6) is 0.189. The van der Waals surface area contributed by atoms with Gasteiger partial charge in [-0.05, 0) is 24.2 Å². The molecule has 0 fully saturated rings. The molecule has 0 aromatic carbocycles. The molecular weight excluding hydrogens is 192 g/mol. The van der Waals surface area contributed by atoms with E-state index in [2.05, 4.69) is 33.9 Å². The van der Waals surface area contributed by atoms with Gasteiger partial charge in [-0.2, -0.15) is 0 Å². The number of hydrogen-bond donors (Lipinski definition) is 0. The van der Waals surface area contributed by atoms with Crippen molar-refractivity contribution < 1.29 is 9.22 Å². The molecule has 14 heavy (non-hydrogen) atoms. The van der Waals surface area contributed by atoms with E-state index in [4.69, 9.17) is 4.43 Å². The van der Waals surface area contributed by atoms with Crippen LogP contribution in [0.4, 0.5) is 0 Å². The highest BCUT2D eigenvalue weighted by Crippen LogP contribution is 2.38. The zero-order valence-corrected chi connectivity index (χ0v) is 10.8. The second kappa shape index (κ2) is 3.63. The fourth-order valence-electron chi connectivity index (χ4n) is 1.19. The minimum Gasteiger partial charge on any atom is -0.410 e. The highest BCUT2D eigenvalue weighted by molar-refractivity contribution is 6.74. The maximum atomic E-state index is 11.0. The average Bonchev–Trinajstić information content (AvgIpc) is 2.31. The molecule has 1 aliphatic rings. The molecule has 0 aromatic rings. The highest BCUT2D eigenvalue weighted by Gasteiger charge is 2.39. The van der Waals surface area contributed by atoms with Crippen molar-refractivity contribution in [1.29, 1.82) is 0 Å². The summed E-state index contributed by atoms with van der Waals surface area (Å²) in [7, 11) is -1.70. The van der Waals surface area contributed by atoms with Crippen LogP contribution in [0.2, 0.25) is 18.1 Å². The van der Waals surface area contributed by atoms with Gasteiger partial charge in [-0.25, -0.2) is 0 Å². The Hall–Kier alpha value is -0.413. The summed E-state index contributed by atoms with van der Waals surface area (Å²) in [5.41, 5.74) is 0. The molecule has 2 nitrogen and oxygen atoms in total. The lowest BCUT2D eigenvalue weighted by Crippen LogP contribution is -2.43. The summed E-state index contributed by atoms with van der Waals surface area (Å²) in [5, 5.41) is 0.215. The van der Waals surface area contributed by atoms with E-state index in [-0.39, 0.29) is 16.9 Å². The number of allylic oxidation sites excluding steroid dienone is 1. The topological polar surface area (TPSA) is 26.3 Å². The van der Waals surface area contributed by atoms with Crippen molar-refractivity contribution in [3.63, 3.8) is 0 Å². The first-order chi connectivity index (χ1) is 6.22. The molecule has 0 saturated carbocycles. The van der Waals surface area contributed by atoms with Gasteiger partial charge in [0.2, 0.25) is 0 Å². The molecular formula is C11H20O2Si. The van der Waals surface area contributed by atoms with E-state index in [1.165, 1.54) is 0 Å². The lowest BCUT2D eigenvalue weighted by molar-refractivity contribution is -0.114. The first kappa shape index (κ1) is 11.7. The van der Waals surface area contributed by atoms with E-state index in [0.29, 0.717) is 6.42 Å². The molecule has 1 rings (SSSR count). The van der Waals surface area contributed by atoms with Crippen LogP contribution in [0.5, 0.6) is 0 Å². The number of carbonyl (C=O) groups is 1. The third kappa shape index (κ3) is 2.55. The van der Waals surface area contributed by atoms with Crippen LogP contribution in [0.25, 0.3) is 0 Å². The van der Waals surface area contributed by atoms with Crippen molar-refractivity contribution >= 4 is 14.1 Å². The predicted molar refractivity (Wildman–Crippen MR) is 60.8 cm³/mol. The second-order valence-electron chi connectivity index (χ2n) is 5.45. The molecule has 1 atom stereocenters. The average molecular weight is 212 g/mol. The molecule has 0 unspecified atom stereocenters. The van der Waals surface area contributed by atoms with Crippen molar-refractivity contribution in [2.45, 2.75) is 51.4 Å². The normalized spacial score (nSPS) is 23.2. The molecule has 0 N–H and O–H groups in total. The Kier molecular flexibility index (Phi) is 3.02. The van der Waals surface area contributed by atoms with Gasteiger partial charge in [-0.3, -0.25) is 4.79 Å². The van der Waals surface area contributed by atoms with Gasteiger partial charge >= 0.3 is 0 Å². The standard InChI is InChI=1S/C11H20O2Si/c1-11(2,3)14(4,5)13-10-7-6-9(12)8-10/h6-7,10H,8H2,1-5H3/t10-/m1/s1. The van der Waals surface area contributed by atoms with Gasteiger partial charge in [0.15, 0.2) is 14.1 Å². The Morgan fingerprint density at radius 2 is 2.00 bits per heavy atom. The van der Waals surface area contributed by atoms with E-state index in [1.807, 2.05) is 6.08 Å². The number of ketones is 1. The van der Waals surface area contributed by atoms with Gasteiger partial charge in [0.1, 0.15) is 0 Å². The molecule has 0 spiro atoms. The van der Waals surface area contributed by atoms with Crippen LogP contribution >= 0.6 is 0 Å². The van der Waals surface area contributed by atoms with Gasteiger partial charge in [0.05, 0.1) is 6.10 Å². The molecule has 0 aromatic heterocycles. The summed E-state index contributed by atoms with van der Waals surface area (Å²) in [6, 6.07) is 0. The van der Waals surface area contributed by atoms with Crippen molar-refractivity contribution in [3.05, 3.63) is 12.2 Å². The monoisotopic (exact) mass is 212 g/mol. The number of carbonyl (C=O) groups excluding carboxylic acids is 1. The molecule has 0 heterocycles. The third-order valence-corrected chi connectivity index (χ3v) is 7.66. The van der Waals surface area contributed by atoms with Gasteiger partial charge in [0.25, 0.3) is 0 Å². The Bertz CT molecular complexity index is 261. The Morgan fingerprint density at radius 3 is 2.36 bits per heavy atom. The predicted octanol–water partition coefficient (Wildman–Crippen LogP) is 2.91. The largest absolute Gasteiger partial charge is 0.410 e. The van der Waals surface area contributed by atoms with Gasteiger partial charge in [0, 0.05) is 6.42 Å². The van der Waals surface area contributed by atoms with Crippen molar-refractivity contribution in [2.75, 3.05) is 0 Å². The van der Waals surface area contributed by atoms with Crippen LogP contribution < -0.4 is 0 Å². The van der Waals surface area contributed by atoms with Crippen LogP contribution in [-0.2, 0) is 9.22 Å². The van der Waals surface area contributed by atoms with Crippen LogP contribution in [0, 0.1) is 0 Å². The lowest BCUT2D eigenvalue weighted by Gasteiger charge is -2.37. The SMILES string of the molecule is CC(C)(C)[Si](C)(C)O[C@@H]1C=CC(=O)C1. The quantitative estimate of drug-likeness (QED) is 0.658. The maximum absolute atomic E-state index is 11.0. The summed E-state index contributed by atoms with van der Waals surface area (Å²) in [4.78, 5) is 11.0. The van der Waals surface area contributed by atoms with Crippen LogP contribution in [0.1, 0.15) is 27.2 Å². The molecule has 0 radical (unpaired) electrons. The van der Waals surface area contributed by atoms with Gasteiger partial charge in [-0.1, -0.05) is 26.8 Å². The van der Waals surface area contributed by atoms with Crippen molar-refractivity contribution in [3.8, 4) is 0 Å². The number of hydrogen-bond acceptors (Lipinski definition) is 2. The summed E-state index contributed by atoms with van der Waals surface area (Å²) in [6.07, 6.45) is 4.09. The smallest absolute Gasteiger partial charge is 0.192 e. The molecule has 80 valence electrons. The molecule has 1 aliphatic carbocycles. The highest BCUT2D eigenvalue weighted by atomic mass is 28.4. The van der Waals surface area contributed by atoms with Crippen LogP contribution in [-0.4, -0.2) is 20.2 Å². The molecule has 0 amide bonds. The van der Waals surface area contributed by atoms with E-state index in [0.717, 1.165) is 0 Å². The lowest BCUT2D eigenvalue weighted by atomic mass is 10.2. The zero-order valence-electron chi connectivity index (χ0n) is 9.76. The molecule has 0 saturated heterocycles. The van der Waals surface area contributed by atoms with Gasteiger partial charge < -0.3 is 4.43 Å². The maximum Gasteiger partial charge on any atom is 0.192 e. The molecule has 3 heteroatoms. The fourth-order valence-corrected chi connectivity index (χ4v) is 2.46. The van der Waals surface area contributed by atoms with E-state index < -0.39 is 8.32 Å². The van der Waals surface area contributed by atoms with Crippen molar-refractivity contribution in [1.82, 2.24) is 0 Å².